The van der Waals surface area contributed by atoms with Crippen molar-refractivity contribution in [3.8, 4) is 11.4 Å². The predicted molar refractivity (Wildman–Crippen MR) is 63.6 cm³/mol. The highest BCUT2D eigenvalue weighted by atomic mass is 19.1. The molecule has 0 amide bonds. The Morgan fingerprint density at radius 3 is 2.33 bits per heavy atom. The van der Waals surface area contributed by atoms with Crippen LogP contribution in [0.4, 0.5) is 8.78 Å². The molecule has 0 unspecified atom stereocenters. The molecule has 92 valence electrons. The lowest BCUT2D eigenvalue weighted by atomic mass is 10.1. The molecule has 0 radical (unpaired) electrons. The first kappa shape index (κ1) is 12.3. The molecule has 2 aromatic rings. The average Bonchev–Trinajstić information content (AvgIpc) is 2.40. The summed E-state index contributed by atoms with van der Waals surface area (Å²) in [6.07, 6.45) is 3.40. The monoisotopic (exact) mass is 248 g/mol. The summed E-state index contributed by atoms with van der Waals surface area (Å²) in [6.45, 7) is -0.622. The average molecular weight is 248 g/mol. The van der Waals surface area contributed by atoms with Gasteiger partial charge in [0.1, 0.15) is 5.83 Å². The molecule has 1 aromatic carbocycles. The molecule has 0 fully saturated rings. The number of nitrogens with zero attached hydrogens (tertiary/aromatic N) is 2. The van der Waals surface area contributed by atoms with Crippen molar-refractivity contribution in [3.63, 3.8) is 0 Å². The molecule has 18 heavy (non-hydrogen) atoms. The number of benzene rings is 1. The third-order valence-corrected chi connectivity index (χ3v) is 2.26. The van der Waals surface area contributed by atoms with Gasteiger partial charge in [-0.1, -0.05) is 24.3 Å². The minimum Gasteiger partial charge on any atom is -0.389 e. The molecule has 0 atom stereocenters. The Hall–Kier alpha value is -2.14. The molecule has 3 nitrogen and oxygen atoms in total. The van der Waals surface area contributed by atoms with Gasteiger partial charge in [-0.3, -0.25) is 0 Å². The van der Waals surface area contributed by atoms with E-state index >= 15 is 0 Å². The molecule has 2 rings (SSSR count). The third kappa shape index (κ3) is 2.95. The zero-order chi connectivity index (χ0) is 13.0. The number of halogens is 2. The van der Waals surface area contributed by atoms with Crippen LogP contribution in [-0.4, -0.2) is 21.7 Å². The molecule has 1 heterocycles. The van der Waals surface area contributed by atoms with Crippen molar-refractivity contribution < 1.29 is 13.9 Å². The van der Waals surface area contributed by atoms with Gasteiger partial charge < -0.3 is 5.11 Å². The highest BCUT2D eigenvalue weighted by Crippen LogP contribution is 2.16. The van der Waals surface area contributed by atoms with Gasteiger partial charge in [-0.25, -0.2) is 18.7 Å². The molecule has 0 bridgehead atoms. The van der Waals surface area contributed by atoms with E-state index in [9.17, 15) is 8.78 Å². The highest BCUT2D eigenvalue weighted by Gasteiger charge is 2.01. The lowest BCUT2D eigenvalue weighted by Gasteiger charge is -2.00. The third-order valence-electron chi connectivity index (χ3n) is 2.26. The Morgan fingerprint density at radius 2 is 1.78 bits per heavy atom. The van der Waals surface area contributed by atoms with Gasteiger partial charge in [0.05, 0.1) is 19.0 Å². The summed E-state index contributed by atoms with van der Waals surface area (Å²) >= 11 is 0. The van der Waals surface area contributed by atoms with E-state index in [0.29, 0.717) is 17.0 Å². The number of aliphatic hydroxyl groups is 1. The summed E-state index contributed by atoms with van der Waals surface area (Å²) in [5.74, 6) is -0.710. The second kappa shape index (κ2) is 5.46. The molecule has 5 heteroatoms. The van der Waals surface area contributed by atoms with Crippen molar-refractivity contribution in [3.05, 3.63) is 53.9 Å². The van der Waals surface area contributed by atoms with Crippen LogP contribution in [0.1, 0.15) is 5.56 Å². The SMILES string of the molecule is OC/C(F)=C\c1ccc(-c2ncc(F)cn2)cc1. The number of aromatic nitrogens is 2. The van der Waals surface area contributed by atoms with Gasteiger partial charge in [-0.15, -0.1) is 0 Å². The van der Waals surface area contributed by atoms with Crippen molar-refractivity contribution in [1.82, 2.24) is 9.97 Å². The molecule has 1 N–H and O–H groups in total. The maximum atomic E-state index is 12.8. The van der Waals surface area contributed by atoms with E-state index in [2.05, 4.69) is 9.97 Å². The van der Waals surface area contributed by atoms with Crippen molar-refractivity contribution in [2.45, 2.75) is 0 Å². The van der Waals surface area contributed by atoms with E-state index < -0.39 is 18.3 Å². The van der Waals surface area contributed by atoms with E-state index in [-0.39, 0.29) is 0 Å². The second-order valence-electron chi connectivity index (χ2n) is 3.60. The van der Waals surface area contributed by atoms with Gasteiger partial charge in [-0.2, -0.15) is 0 Å². The molecule has 0 aliphatic carbocycles. The minimum atomic E-state index is -0.622. The van der Waals surface area contributed by atoms with Crippen LogP contribution in [0.2, 0.25) is 0 Å². The van der Waals surface area contributed by atoms with Crippen molar-refractivity contribution >= 4 is 6.08 Å². The van der Waals surface area contributed by atoms with Gasteiger partial charge in [0.15, 0.2) is 11.6 Å². The molecular formula is C13H10F2N2O. The second-order valence-corrected chi connectivity index (χ2v) is 3.60. The lowest BCUT2D eigenvalue weighted by Crippen LogP contribution is -1.89. The van der Waals surface area contributed by atoms with Crippen LogP contribution in [0.15, 0.2) is 42.5 Å². The van der Waals surface area contributed by atoms with E-state index in [4.69, 9.17) is 5.11 Å². The summed E-state index contributed by atoms with van der Waals surface area (Å²) in [7, 11) is 0. The molecule has 0 aliphatic rings. The summed E-state index contributed by atoms with van der Waals surface area (Å²) in [6, 6.07) is 6.72. The zero-order valence-electron chi connectivity index (χ0n) is 9.35. The van der Waals surface area contributed by atoms with Gasteiger partial charge in [0.25, 0.3) is 0 Å². The fraction of sp³-hybridized carbons (Fsp3) is 0.0769. The van der Waals surface area contributed by atoms with Gasteiger partial charge in [0, 0.05) is 5.56 Å². The summed E-state index contributed by atoms with van der Waals surface area (Å²) in [5, 5.41) is 8.56. The number of aliphatic hydroxyl groups excluding tert-OH is 1. The van der Waals surface area contributed by atoms with E-state index in [1.54, 1.807) is 24.3 Å². The van der Waals surface area contributed by atoms with Crippen LogP contribution in [0, 0.1) is 5.82 Å². The van der Waals surface area contributed by atoms with Crippen molar-refractivity contribution in [1.29, 1.82) is 0 Å². The van der Waals surface area contributed by atoms with Crippen molar-refractivity contribution in [2.24, 2.45) is 0 Å². The quantitative estimate of drug-likeness (QED) is 0.908. The van der Waals surface area contributed by atoms with Crippen LogP contribution >= 0.6 is 0 Å². The Balaban J connectivity index is 2.25. The first-order valence-electron chi connectivity index (χ1n) is 5.24. The maximum absolute atomic E-state index is 12.8. The van der Waals surface area contributed by atoms with Gasteiger partial charge in [0.2, 0.25) is 0 Å². The number of rotatable bonds is 3. The Labute approximate surface area is 102 Å². The summed E-state index contributed by atoms with van der Waals surface area (Å²) in [4.78, 5) is 7.68. The molecule has 0 saturated carbocycles. The fourth-order valence-corrected chi connectivity index (χ4v) is 1.42. The summed E-state index contributed by atoms with van der Waals surface area (Å²) < 4.78 is 25.5. The topological polar surface area (TPSA) is 46.0 Å². The molecular weight excluding hydrogens is 238 g/mol. The maximum Gasteiger partial charge on any atom is 0.159 e. The van der Waals surface area contributed by atoms with Crippen LogP contribution in [-0.2, 0) is 0 Å². The molecule has 0 aliphatic heterocycles. The van der Waals surface area contributed by atoms with Gasteiger partial charge in [-0.05, 0) is 11.6 Å². The highest BCUT2D eigenvalue weighted by molar-refractivity contribution is 5.60. The fourth-order valence-electron chi connectivity index (χ4n) is 1.42. The first-order valence-corrected chi connectivity index (χ1v) is 5.24. The standard InChI is InChI=1S/C13H10F2N2O/c14-11(8-18)5-9-1-3-10(4-2-9)13-16-6-12(15)7-17-13/h1-7,18H,8H2/b11-5+. The van der Waals surface area contributed by atoms with Crippen LogP contribution in [0.3, 0.4) is 0 Å². The lowest BCUT2D eigenvalue weighted by molar-refractivity contribution is 0.300. The van der Waals surface area contributed by atoms with Crippen LogP contribution in [0.5, 0.6) is 0 Å². The predicted octanol–water partition coefficient (Wildman–Crippen LogP) is 2.59. The van der Waals surface area contributed by atoms with Crippen LogP contribution < -0.4 is 0 Å². The van der Waals surface area contributed by atoms with Crippen molar-refractivity contribution in [2.75, 3.05) is 6.61 Å². The molecule has 1 aromatic heterocycles. The normalized spacial score (nSPS) is 11.6. The van der Waals surface area contributed by atoms with E-state index in [1.165, 1.54) is 6.08 Å². The zero-order valence-corrected chi connectivity index (χ0v) is 9.35. The molecule has 0 spiro atoms. The Morgan fingerprint density at radius 1 is 1.17 bits per heavy atom. The smallest absolute Gasteiger partial charge is 0.159 e. The van der Waals surface area contributed by atoms with Gasteiger partial charge >= 0.3 is 0 Å². The first-order chi connectivity index (χ1) is 8.69. The Kier molecular flexibility index (Phi) is 3.74. The minimum absolute atomic E-state index is 0.398. The van der Waals surface area contributed by atoms with Crippen LogP contribution in [0.25, 0.3) is 17.5 Å². The van der Waals surface area contributed by atoms with E-state index in [0.717, 1.165) is 12.4 Å². The van der Waals surface area contributed by atoms with E-state index in [1.807, 2.05) is 0 Å². The Bertz CT molecular complexity index is 550. The number of hydrogen-bond donors (Lipinski definition) is 1. The largest absolute Gasteiger partial charge is 0.389 e. The number of hydrogen-bond acceptors (Lipinski definition) is 3. The molecule has 0 saturated heterocycles. The summed E-state index contributed by atoms with van der Waals surface area (Å²) in [5.41, 5.74) is 1.32.